The molecule has 0 aliphatic heterocycles. The van der Waals surface area contributed by atoms with Crippen molar-refractivity contribution in [3.05, 3.63) is 28.2 Å². The monoisotopic (exact) mass is 325 g/mol. The Balaban J connectivity index is 2.26. The van der Waals surface area contributed by atoms with Gasteiger partial charge in [-0.15, -0.1) is 0 Å². The Bertz CT molecular complexity index is 404. The van der Waals surface area contributed by atoms with Gasteiger partial charge in [-0.25, -0.2) is 0 Å². The van der Waals surface area contributed by atoms with Gasteiger partial charge in [-0.1, -0.05) is 51.2 Å². The number of aryl methyl sites for hydroxylation is 1. The van der Waals surface area contributed by atoms with E-state index in [1.165, 1.54) is 25.7 Å². The normalized spacial score (nSPS) is 10.5. The molecule has 106 valence electrons. The molecule has 2 nitrogen and oxygen atoms in total. The predicted molar refractivity (Wildman–Crippen MR) is 85.5 cm³/mol. The first-order chi connectivity index (χ1) is 9.15. The van der Waals surface area contributed by atoms with E-state index in [0.717, 1.165) is 28.6 Å². The molecule has 0 aromatic heterocycles. The zero-order valence-corrected chi connectivity index (χ0v) is 13.6. The third kappa shape index (κ3) is 6.24. The summed E-state index contributed by atoms with van der Waals surface area (Å²) < 4.78 is 0.978. The van der Waals surface area contributed by atoms with Crippen molar-refractivity contribution in [3.8, 4) is 0 Å². The minimum absolute atomic E-state index is 0.113. The number of rotatable bonds is 8. The molecular formula is C16H24BrNO. The number of hydrogen-bond acceptors (Lipinski definition) is 1. The molecular weight excluding hydrogens is 302 g/mol. The van der Waals surface area contributed by atoms with Crippen LogP contribution in [0.1, 0.15) is 57.4 Å². The highest BCUT2D eigenvalue weighted by atomic mass is 79.9. The van der Waals surface area contributed by atoms with Crippen LogP contribution < -0.4 is 5.32 Å². The lowest BCUT2D eigenvalue weighted by Crippen LogP contribution is -2.11. The molecule has 0 radical (unpaired) electrons. The fourth-order valence-electron chi connectivity index (χ4n) is 2.02. The van der Waals surface area contributed by atoms with E-state index >= 15 is 0 Å². The smallest absolute Gasteiger partial charge is 0.224 e. The summed E-state index contributed by atoms with van der Waals surface area (Å²) in [6, 6.07) is 5.91. The fraction of sp³-hybridized carbons (Fsp3) is 0.562. The lowest BCUT2D eigenvalue weighted by molar-refractivity contribution is -0.116. The average Bonchev–Trinajstić information content (AvgIpc) is 2.39. The molecule has 0 saturated carbocycles. The molecule has 1 N–H and O–H groups in total. The first kappa shape index (κ1) is 16.2. The van der Waals surface area contributed by atoms with Gasteiger partial charge in [0.25, 0.3) is 0 Å². The summed E-state index contributed by atoms with van der Waals surface area (Å²) in [5, 5.41) is 2.97. The molecule has 3 heteroatoms. The Morgan fingerprint density at radius 3 is 2.58 bits per heavy atom. The standard InChI is InChI=1S/C16H24BrNO/c1-3-4-5-6-7-8-12-15(19)18-14-11-9-10-13(2)16(14)17/h9-11H,3-8,12H2,1-2H3,(H,18,19). The number of halogens is 1. The maximum atomic E-state index is 11.8. The molecule has 0 heterocycles. The lowest BCUT2D eigenvalue weighted by atomic mass is 10.1. The average molecular weight is 326 g/mol. The number of amides is 1. The molecule has 19 heavy (non-hydrogen) atoms. The van der Waals surface area contributed by atoms with Crippen molar-refractivity contribution in [3.63, 3.8) is 0 Å². The Hall–Kier alpha value is -0.830. The van der Waals surface area contributed by atoms with Crippen LogP contribution in [0.3, 0.4) is 0 Å². The van der Waals surface area contributed by atoms with Crippen LogP contribution in [-0.2, 0) is 4.79 Å². The lowest BCUT2D eigenvalue weighted by Gasteiger charge is -2.09. The van der Waals surface area contributed by atoms with Crippen LogP contribution in [0.5, 0.6) is 0 Å². The minimum atomic E-state index is 0.113. The van der Waals surface area contributed by atoms with E-state index in [1.807, 2.05) is 25.1 Å². The van der Waals surface area contributed by atoms with Crippen LogP contribution in [0.2, 0.25) is 0 Å². The van der Waals surface area contributed by atoms with Crippen molar-refractivity contribution in [1.82, 2.24) is 0 Å². The van der Waals surface area contributed by atoms with Crippen molar-refractivity contribution < 1.29 is 4.79 Å². The van der Waals surface area contributed by atoms with Gasteiger partial charge in [-0.05, 0) is 40.9 Å². The summed E-state index contributed by atoms with van der Waals surface area (Å²) in [6.07, 6.45) is 7.87. The molecule has 0 aliphatic rings. The van der Waals surface area contributed by atoms with Crippen LogP contribution in [0.15, 0.2) is 22.7 Å². The van der Waals surface area contributed by atoms with Gasteiger partial charge >= 0.3 is 0 Å². The van der Waals surface area contributed by atoms with E-state index in [4.69, 9.17) is 0 Å². The SMILES string of the molecule is CCCCCCCCC(=O)Nc1cccc(C)c1Br. The first-order valence-electron chi connectivity index (χ1n) is 7.20. The second-order valence-electron chi connectivity index (χ2n) is 5.00. The predicted octanol–water partition coefficient (Wildman–Crippen LogP) is 5.45. The van der Waals surface area contributed by atoms with E-state index in [0.29, 0.717) is 6.42 Å². The highest BCUT2D eigenvalue weighted by molar-refractivity contribution is 9.10. The van der Waals surface area contributed by atoms with Crippen molar-refractivity contribution in [2.24, 2.45) is 0 Å². The molecule has 1 aromatic rings. The molecule has 0 aliphatic carbocycles. The first-order valence-corrected chi connectivity index (χ1v) is 7.99. The van der Waals surface area contributed by atoms with Crippen molar-refractivity contribution in [2.75, 3.05) is 5.32 Å². The van der Waals surface area contributed by atoms with Gasteiger partial charge in [-0.3, -0.25) is 4.79 Å². The van der Waals surface area contributed by atoms with Crippen LogP contribution in [0.25, 0.3) is 0 Å². The maximum Gasteiger partial charge on any atom is 0.224 e. The van der Waals surface area contributed by atoms with E-state index in [9.17, 15) is 4.79 Å². The van der Waals surface area contributed by atoms with Gasteiger partial charge in [0.05, 0.1) is 5.69 Å². The molecule has 0 unspecified atom stereocenters. The van der Waals surface area contributed by atoms with Crippen LogP contribution in [0.4, 0.5) is 5.69 Å². The number of hydrogen-bond donors (Lipinski definition) is 1. The number of nitrogens with one attached hydrogen (secondary N) is 1. The van der Waals surface area contributed by atoms with Gasteiger partial charge < -0.3 is 5.32 Å². The quantitative estimate of drug-likeness (QED) is 0.633. The van der Waals surface area contributed by atoms with E-state index < -0.39 is 0 Å². The molecule has 0 fully saturated rings. The summed E-state index contributed by atoms with van der Waals surface area (Å²) in [4.78, 5) is 11.8. The zero-order valence-electron chi connectivity index (χ0n) is 12.0. The number of unbranched alkanes of at least 4 members (excludes halogenated alkanes) is 5. The summed E-state index contributed by atoms with van der Waals surface area (Å²) in [5.74, 6) is 0.113. The molecule has 1 amide bonds. The summed E-state index contributed by atoms with van der Waals surface area (Å²) in [6.45, 7) is 4.24. The van der Waals surface area contributed by atoms with Crippen LogP contribution in [0, 0.1) is 6.92 Å². The highest BCUT2D eigenvalue weighted by Gasteiger charge is 2.06. The molecule has 1 rings (SSSR count). The van der Waals surface area contributed by atoms with Gasteiger partial charge in [0.2, 0.25) is 5.91 Å². The highest BCUT2D eigenvalue weighted by Crippen LogP contribution is 2.25. The van der Waals surface area contributed by atoms with Crippen molar-refractivity contribution in [2.45, 2.75) is 58.8 Å². The molecule has 0 bridgehead atoms. The largest absolute Gasteiger partial charge is 0.325 e. The van der Waals surface area contributed by atoms with Crippen LogP contribution >= 0.6 is 15.9 Å². The third-order valence-electron chi connectivity index (χ3n) is 3.22. The maximum absolute atomic E-state index is 11.8. The summed E-state index contributed by atoms with van der Waals surface area (Å²) in [7, 11) is 0. The summed E-state index contributed by atoms with van der Waals surface area (Å²) >= 11 is 3.50. The van der Waals surface area contributed by atoms with E-state index in [2.05, 4.69) is 28.2 Å². The van der Waals surface area contributed by atoms with Crippen molar-refractivity contribution >= 4 is 27.5 Å². The molecule has 0 spiro atoms. The third-order valence-corrected chi connectivity index (χ3v) is 4.28. The van der Waals surface area contributed by atoms with Gasteiger partial charge in [0.1, 0.15) is 0 Å². The fourth-order valence-corrected chi connectivity index (χ4v) is 2.39. The topological polar surface area (TPSA) is 29.1 Å². The Kier molecular flexibility index (Phi) is 7.80. The molecule has 0 atom stereocenters. The number of carbonyl (C=O) groups excluding carboxylic acids is 1. The minimum Gasteiger partial charge on any atom is -0.325 e. The van der Waals surface area contributed by atoms with Crippen molar-refractivity contribution in [1.29, 1.82) is 0 Å². The Morgan fingerprint density at radius 1 is 1.16 bits per heavy atom. The Labute approximate surface area is 125 Å². The van der Waals surface area contributed by atoms with E-state index in [1.54, 1.807) is 0 Å². The molecule has 1 aromatic carbocycles. The zero-order chi connectivity index (χ0) is 14.1. The van der Waals surface area contributed by atoms with Gasteiger partial charge in [-0.2, -0.15) is 0 Å². The number of benzene rings is 1. The summed E-state index contributed by atoms with van der Waals surface area (Å²) in [5.41, 5.74) is 2.01. The Morgan fingerprint density at radius 2 is 1.84 bits per heavy atom. The second kappa shape index (κ2) is 9.13. The van der Waals surface area contributed by atoms with Gasteiger partial charge in [0.15, 0.2) is 0 Å². The van der Waals surface area contributed by atoms with Crippen LogP contribution in [-0.4, -0.2) is 5.91 Å². The second-order valence-corrected chi connectivity index (χ2v) is 5.80. The number of carbonyl (C=O) groups is 1. The van der Waals surface area contributed by atoms with Gasteiger partial charge in [0, 0.05) is 10.9 Å². The van der Waals surface area contributed by atoms with E-state index in [-0.39, 0.29) is 5.91 Å². The number of anilines is 1. The molecule has 0 saturated heterocycles.